The number of hydrogen-bond acceptors (Lipinski definition) is 8. The van der Waals surface area contributed by atoms with Crippen LogP contribution in [-0.4, -0.2) is 105 Å². The molecule has 4 heterocycles. The van der Waals surface area contributed by atoms with E-state index in [4.69, 9.17) is 9.47 Å². The number of likely N-dealkylation sites (N-methyl/N-ethyl adjacent to an activating group) is 1. The van der Waals surface area contributed by atoms with Gasteiger partial charge in [-0.1, -0.05) is 41.5 Å². The van der Waals surface area contributed by atoms with Crippen molar-refractivity contribution in [2.24, 2.45) is 29.6 Å². The van der Waals surface area contributed by atoms with Crippen molar-refractivity contribution in [3.8, 4) is 0 Å². The molecule has 4 saturated heterocycles. The first-order valence-electron chi connectivity index (χ1n) is 16.8. The summed E-state index contributed by atoms with van der Waals surface area (Å²) >= 11 is 0. The zero-order valence-corrected chi connectivity index (χ0v) is 30.7. The van der Waals surface area contributed by atoms with Gasteiger partial charge in [-0.15, -0.1) is 0 Å². The van der Waals surface area contributed by atoms with Crippen LogP contribution in [-0.2, 0) is 19.1 Å². The summed E-state index contributed by atoms with van der Waals surface area (Å²) in [6.07, 6.45) is 2.69. The van der Waals surface area contributed by atoms with Gasteiger partial charge >= 0.3 is 12.1 Å². The van der Waals surface area contributed by atoms with Gasteiger partial charge in [0.2, 0.25) is 11.8 Å². The molecule has 4 aliphatic heterocycles. The standard InChI is InChI=1S/C18H34N2O4.C13H24O2.C3H4N2O2/c1-11(2)17(6,23)12(3)9-13(4)18(7,24)14(5)20-10-15(21)19(8)16(20)22;1-8(12(5)10(3)14-12)7-9(2)13(6)11(4)15-13;6-2-1-4-3(7)5-2/h11-14,23-24H,9-10H2,1-8H3;8-11H,7H2,1-6H3;1H2,(H2,4,5,6,7). The quantitative estimate of drug-likeness (QED) is 0.192. The highest BCUT2D eigenvalue weighted by Gasteiger charge is 2.57. The highest BCUT2D eigenvalue weighted by Crippen LogP contribution is 2.49. The lowest BCUT2D eigenvalue weighted by atomic mass is 9.72. The van der Waals surface area contributed by atoms with Crippen molar-refractivity contribution in [3.05, 3.63) is 0 Å². The number of carbonyl (C=O) groups is 4. The Balaban J connectivity index is 0.000000280. The first-order chi connectivity index (χ1) is 20.8. The van der Waals surface area contributed by atoms with Gasteiger partial charge in [0.25, 0.3) is 0 Å². The third-order valence-electron chi connectivity index (χ3n) is 12.1. The van der Waals surface area contributed by atoms with Crippen molar-refractivity contribution < 1.29 is 38.9 Å². The number of rotatable bonds is 11. The average molecular weight is 655 g/mol. The lowest BCUT2D eigenvalue weighted by Crippen LogP contribution is -2.54. The Morgan fingerprint density at radius 1 is 0.848 bits per heavy atom. The van der Waals surface area contributed by atoms with E-state index in [1.807, 2.05) is 39.9 Å². The summed E-state index contributed by atoms with van der Waals surface area (Å²) in [5.41, 5.74) is -1.73. The van der Waals surface area contributed by atoms with E-state index in [1.165, 1.54) is 18.4 Å². The number of imide groups is 2. The zero-order valence-electron chi connectivity index (χ0n) is 30.7. The summed E-state index contributed by atoms with van der Waals surface area (Å²) < 4.78 is 11.4. The van der Waals surface area contributed by atoms with Crippen LogP contribution in [0.25, 0.3) is 0 Å². The predicted molar refractivity (Wildman–Crippen MR) is 176 cm³/mol. The number of aliphatic hydroxyl groups is 2. The minimum absolute atomic E-state index is 0.00136. The second kappa shape index (κ2) is 14.5. The van der Waals surface area contributed by atoms with E-state index in [9.17, 15) is 29.4 Å². The van der Waals surface area contributed by atoms with Gasteiger partial charge in [0.15, 0.2) is 0 Å². The number of urea groups is 2. The minimum atomic E-state index is -1.16. The Labute approximate surface area is 276 Å². The van der Waals surface area contributed by atoms with E-state index in [0.717, 1.165) is 4.90 Å². The third-order valence-corrected chi connectivity index (χ3v) is 12.1. The van der Waals surface area contributed by atoms with Crippen molar-refractivity contribution in [1.82, 2.24) is 20.4 Å². The fraction of sp³-hybridized carbons (Fsp3) is 0.882. The van der Waals surface area contributed by atoms with Crippen molar-refractivity contribution in [3.63, 3.8) is 0 Å². The molecule has 0 saturated carbocycles. The number of ether oxygens (including phenoxy) is 2. The lowest BCUT2D eigenvalue weighted by molar-refractivity contribution is -0.125. The summed E-state index contributed by atoms with van der Waals surface area (Å²) in [6, 6.07) is -1.27. The molecular formula is C34H62N4O8. The Morgan fingerprint density at radius 2 is 1.28 bits per heavy atom. The Morgan fingerprint density at radius 3 is 1.57 bits per heavy atom. The van der Waals surface area contributed by atoms with E-state index in [2.05, 4.69) is 46.9 Å². The highest BCUT2D eigenvalue weighted by molar-refractivity contribution is 6.02. The van der Waals surface area contributed by atoms with Crippen LogP contribution >= 0.6 is 0 Å². The maximum atomic E-state index is 12.2. The molecule has 46 heavy (non-hydrogen) atoms. The topological polar surface area (TPSA) is 164 Å². The van der Waals surface area contributed by atoms with Gasteiger partial charge in [-0.2, -0.15) is 0 Å². The fourth-order valence-corrected chi connectivity index (χ4v) is 6.33. The van der Waals surface area contributed by atoms with Gasteiger partial charge in [0.1, 0.15) is 6.54 Å². The molecule has 6 amide bonds. The molecule has 0 bridgehead atoms. The van der Waals surface area contributed by atoms with Crippen LogP contribution in [0.2, 0.25) is 0 Å². The van der Waals surface area contributed by atoms with Gasteiger partial charge < -0.3 is 29.9 Å². The predicted octanol–water partition coefficient (Wildman–Crippen LogP) is 3.92. The number of nitrogens with zero attached hydrogens (tertiary/aromatic N) is 2. The summed E-state index contributed by atoms with van der Waals surface area (Å²) in [5.74, 6) is 0.669. The summed E-state index contributed by atoms with van der Waals surface area (Å²) in [7, 11) is 1.46. The normalized spacial score (nSPS) is 32.9. The molecule has 4 aliphatic rings. The fourth-order valence-electron chi connectivity index (χ4n) is 6.33. The van der Waals surface area contributed by atoms with Gasteiger partial charge in [0.05, 0.1) is 47.2 Å². The molecule has 12 nitrogen and oxygen atoms in total. The van der Waals surface area contributed by atoms with Crippen molar-refractivity contribution in [2.45, 2.75) is 144 Å². The number of carbonyl (C=O) groups excluding carboxylic acids is 4. The average Bonchev–Trinajstić information content (AvgIpc) is 3.68. The molecule has 266 valence electrons. The SMILES string of the molecule is CC(C)C(C)(O)C(C)CC(C)C(C)(O)C(C)N1CC(=O)N(C)C1=O.CC(CC(C)C1(C)OC1C)C1(C)OC1C.O=C1CNC(=O)N1. The maximum absolute atomic E-state index is 12.2. The molecule has 4 N–H and O–H groups in total. The number of nitrogens with one attached hydrogen (secondary N) is 2. The Kier molecular flexibility index (Phi) is 12.5. The van der Waals surface area contributed by atoms with Crippen LogP contribution < -0.4 is 10.6 Å². The number of epoxide rings is 2. The van der Waals surface area contributed by atoms with Gasteiger partial charge in [-0.25, -0.2) is 9.59 Å². The minimum Gasteiger partial charge on any atom is -0.390 e. The van der Waals surface area contributed by atoms with Gasteiger partial charge in [-0.3, -0.25) is 19.8 Å². The third kappa shape index (κ3) is 8.79. The van der Waals surface area contributed by atoms with Crippen LogP contribution in [0.5, 0.6) is 0 Å². The molecule has 0 aromatic heterocycles. The van der Waals surface area contributed by atoms with E-state index < -0.39 is 23.3 Å². The molecule has 0 radical (unpaired) electrons. The molecule has 12 heteroatoms. The lowest BCUT2D eigenvalue weighted by Gasteiger charge is -2.43. The molecule has 4 fully saturated rings. The van der Waals surface area contributed by atoms with Crippen molar-refractivity contribution >= 4 is 23.9 Å². The smallest absolute Gasteiger partial charge is 0.327 e. The molecule has 11 atom stereocenters. The molecule has 0 aromatic rings. The van der Waals surface area contributed by atoms with Crippen molar-refractivity contribution in [2.75, 3.05) is 20.1 Å². The molecule has 0 aromatic carbocycles. The highest BCUT2D eigenvalue weighted by atomic mass is 16.6. The molecule has 0 spiro atoms. The summed E-state index contributed by atoms with van der Waals surface area (Å²) in [4.78, 5) is 46.5. The van der Waals surface area contributed by atoms with Crippen LogP contribution in [0.4, 0.5) is 9.59 Å². The monoisotopic (exact) mass is 654 g/mol. The molecule has 0 aliphatic carbocycles. The van der Waals surface area contributed by atoms with Crippen LogP contribution in [0.15, 0.2) is 0 Å². The Bertz CT molecular complexity index is 1090. The van der Waals surface area contributed by atoms with Crippen molar-refractivity contribution in [1.29, 1.82) is 0 Å². The zero-order chi connectivity index (χ0) is 35.7. The first-order valence-corrected chi connectivity index (χ1v) is 16.8. The number of amides is 6. The summed E-state index contributed by atoms with van der Waals surface area (Å²) in [5, 5.41) is 26.0. The van der Waals surface area contributed by atoms with E-state index in [-0.39, 0.29) is 59.9 Å². The van der Waals surface area contributed by atoms with Gasteiger partial charge in [0, 0.05) is 7.05 Å². The van der Waals surface area contributed by atoms with Gasteiger partial charge in [-0.05, 0) is 90.9 Å². The molecular weight excluding hydrogens is 592 g/mol. The van der Waals surface area contributed by atoms with Crippen LogP contribution in [0, 0.1) is 29.6 Å². The largest absolute Gasteiger partial charge is 0.390 e. The molecule has 4 rings (SSSR count). The maximum Gasteiger partial charge on any atom is 0.327 e. The van der Waals surface area contributed by atoms with E-state index >= 15 is 0 Å². The number of hydrogen-bond donors (Lipinski definition) is 4. The van der Waals surface area contributed by atoms with Crippen LogP contribution in [0.1, 0.15) is 103 Å². The Hall–Kier alpha value is -2.28. The second-order valence-electron chi connectivity index (χ2n) is 15.3. The molecule has 11 unspecified atom stereocenters. The first kappa shape index (κ1) is 39.9. The van der Waals surface area contributed by atoms with E-state index in [1.54, 1.807) is 13.8 Å². The second-order valence-corrected chi connectivity index (χ2v) is 15.3. The summed E-state index contributed by atoms with van der Waals surface area (Å²) in [6.45, 7) is 26.7. The van der Waals surface area contributed by atoms with E-state index in [0.29, 0.717) is 30.5 Å². The van der Waals surface area contributed by atoms with Crippen LogP contribution in [0.3, 0.4) is 0 Å².